The maximum Gasteiger partial charge on any atom is 0.335 e. The Bertz CT molecular complexity index is 1520. The van der Waals surface area contributed by atoms with Gasteiger partial charge in [0.15, 0.2) is 0 Å². The van der Waals surface area contributed by atoms with Crippen molar-refractivity contribution in [1.29, 1.82) is 0 Å². The molecule has 12 nitrogen and oxygen atoms in total. The maximum atomic E-state index is 13.2. The van der Waals surface area contributed by atoms with E-state index in [1.54, 1.807) is 0 Å². The first-order chi connectivity index (χ1) is 17.5. The Kier molecular flexibility index (Phi) is 6.87. The molecule has 1 saturated heterocycles. The van der Waals surface area contributed by atoms with Crippen molar-refractivity contribution in [2.75, 3.05) is 4.90 Å². The largest absolute Gasteiger partial charge is 0.449 e. The zero-order chi connectivity index (χ0) is 26.9. The number of hydrogen-bond donors (Lipinski definition) is 1. The zero-order valence-electron chi connectivity index (χ0n) is 18.2. The molecule has 14 heteroatoms. The predicted molar refractivity (Wildman–Crippen MR) is 132 cm³/mol. The van der Waals surface area contributed by atoms with Crippen LogP contribution >= 0.6 is 23.2 Å². The predicted octanol–water partition coefficient (Wildman–Crippen LogP) is 5.27. The van der Waals surface area contributed by atoms with Gasteiger partial charge in [-0.15, -0.1) is 0 Å². The number of barbiturate groups is 1. The fourth-order valence-corrected chi connectivity index (χ4v) is 3.64. The van der Waals surface area contributed by atoms with Crippen LogP contribution in [0.5, 0.6) is 11.5 Å². The van der Waals surface area contributed by atoms with Gasteiger partial charge in [0.25, 0.3) is 17.5 Å². The number of nitro groups is 2. The zero-order valence-corrected chi connectivity index (χ0v) is 19.7. The summed E-state index contributed by atoms with van der Waals surface area (Å²) in [7, 11) is 0. The lowest BCUT2D eigenvalue weighted by molar-refractivity contribution is -0.394. The molecule has 0 aliphatic carbocycles. The van der Waals surface area contributed by atoms with Crippen LogP contribution < -0.4 is 15.0 Å². The number of nitrogens with one attached hydrogen (secondary N) is 1. The summed E-state index contributed by atoms with van der Waals surface area (Å²) in [6.07, 6.45) is 1.10. The Hall–Kier alpha value is -4.81. The standard InChI is InChI=1S/C23H12Cl2N4O8/c24-13-1-4-15(5-2-13)27-22(31)17(21(30)26-23(27)32)10-12-9-14(25)3-7-19(12)37-20-8-6-16(28(33)34)11-18(20)29(35)36/h1-11H,(H,26,30,32)/b17-10+. The summed E-state index contributed by atoms with van der Waals surface area (Å²) >= 11 is 11.9. The molecule has 0 bridgehead atoms. The van der Waals surface area contributed by atoms with E-state index in [1.165, 1.54) is 42.5 Å². The van der Waals surface area contributed by atoms with Gasteiger partial charge in [-0.1, -0.05) is 23.2 Å². The van der Waals surface area contributed by atoms with Crippen LogP contribution in [0.15, 0.2) is 66.2 Å². The van der Waals surface area contributed by atoms with Crippen molar-refractivity contribution in [1.82, 2.24) is 5.32 Å². The Balaban J connectivity index is 1.76. The highest BCUT2D eigenvalue weighted by molar-refractivity contribution is 6.39. The highest BCUT2D eigenvalue weighted by Crippen LogP contribution is 2.37. The summed E-state index contributed by atoms with van der Waals surface area (Å²) in [6.45, 7) is 0. The second-order valence-electron chi connectivity index (χ2n) is 7.38. The third-order valence-electron chi connectivity index (χ3n) is 5.03. The fourth-order valence-electron chi connectivity index (χ4n) is 3.33. The molecule has 0 saturated carbocycles. The average molecular weight is 543 g/mol. The Morgan fingerprint density at radius 1 is 0.838 bits per heavy atom. The number of carbonyl (C=O) groups is 3. The number of urea groups is 1. The number of nitrogens with zero attached hydrogens (tertiary/aromatic N) is 3. The first-order valence-corrected chi connectivity index (χ1v) is 10.9. The van der Waals surface area contributed by atoms with Crippen LogP contribution in [0.25, 0.3) is 6.08 Å². The first-order valence-electron chi connectivity index (χ1n) is 10.1. The van der Waals surface area contributed by atoms with Crippen LogP contribution in [0.1, 0.15) is 5.56 Å². The van der Waals surface area contributed by atoms with Gasteiger partial charge < -0.3 is 4.74 Å². The van der Waals surface area contributed by atoms with E-state index in [2.05, 4.69) is 5.32 Å². The van der Waals surface area contributed by atoms with Crippen molar-refractivity contribution in [2.45, 2.75) is 0 Å². The SMILES string of the molecule is O=C1NC(=O)N(c2ccc(Cl)cc2)C(=O)/C1=C/c1cc(Cl)ccc1Oc1ccc([N+](=O)[O-])cc1[N+](=O)[O-]. The van der Waals surface area contributed by atoms with Gasteiger partial charge in [0, 0.05) is 21.7 Å². The van der Waals surface area contributed by atoms with Crippen molar-refractivity contribution < 1.29 is 29.0 Å². The average Bonchev–Trinajstić information content (AvgIpc) is 2.84. The lowest BCUT2D eigenvalue weighted by Gasteiger charge is -2.26. The molecule has 3 aromatic rings. The molecular formula is C23H12Cl2N4O8. The van der Waals surface area contributed by atoms with Gasteiger partial charge in [-0.3, -0.25) is 35.1 Å². The Labute approximate surface area is 216 Å². The molecule has 37 heavy (non-hydrogen) atoms. The lowest BCUT2D eigenvalue weighted by atomic mass is 10.1. The number of amides is 4. The van der Waals surface area contributed by atoms with Crippen LogP contribution in [0, 0.1) is 20.2 Å². The van der Waals surface area contributed by atoms with Gasteiger partial charge in [0.2, 0.25) is 5.75 Å². The van der Waals surface area contributed by atoms with Crippen LogP contribution in [0.4, 0.5) is 21.9 Å². The van der Waals surface area contributed by atoms with Crippen LogP contribution in [-0.4, -0.2) is 27.7 Å². The molecular weight excluding hydrogens is 531 g/mol. The number of benzene rings is 3. The van der Waals surface area contributed by atoms with E-state index in [0.717, 1.165) is 29.2 Å². The second kappa shape index (κ2) is 10.0. The lowest BCUT2D eigenvalue weighted by Crippen LogP contribution is -2.54. The number of non-ortho nitro benzene ring substituents is 1. The highest BCUT2D eigenvalue weighted by Gasteiger charge is 2.37. The fraction of sp³-hybridized carbons (Fsp3) is 0. The second-order valence-corrected chi connectivity index (χ2v) is 8.26. The number of hydrogen-bond acceptors (Lipinski definition) is 8. The normalized spacial score (nSPS) is 14.5. The monoisotopic (exact) mass is 542 g/mol. The molecule has 0 unspecified atom stereocenters. The van der Waals surface area contributed by atoms with Crippen molar-refractivity contribution in [3.8, 4) is 11.5 Å². The van der Waals surface area contributed by atoms with E-state index in [1.807, 2.05) is 0 Å². The summed E-state index contributed by atoms with van der Waals surface area (Å²) in [6, 6.07) is 11.6. The van der Waals surface area contributed by atoms with Gasteiger partial charge in [0.05, 0.1) is 21.6 Å². The van der Waals surface area contributed by atoms with E-state index >= 15 is 0 Å². The summed E-state index contributed by atoms with van der Waals surface area (Å²) in [5.74, 6) is -2.35. The van der Waals surface area contributed by atoms with Gasteiger partial charge in [-0.05, 0) is 54.6 Å². The van der Waals surface area contributed by atoms with Gasteiger partial charge >= 0.3 is 11.7 Å². The van der Waals surface area contributed by atoms with Gasteiger partial charge in [-0.2, -0.15) is 0 Å². The minimum absolute atomic E-state index is 0.0593. The topological polar surface area (TPSA) is 162 Å². The number of ether oxygens (including phenoxy) is 1. The molecule has 1 N–H and O–H groups in total. The minimum Gasteiger partial charge on any atom is -0.449 e. The highest BCUT2D eigenvalue weighted by atomic mass is 35.5. The summed E-state index contributed by atoms with van der Waals surface area (Å²) < 4.78 is 5.64. The van der Waals surface area contributed by atoms with Gasteiger partial charge in [-0.25, -0.2) is 9.69 Å². The molecule has 0 radical (unpaired) electrons. The number of rotatable bonds is 6. The molecule has 0 aromatic heterocycles. The number of anilines is 1. The van der Waals surface area contributed by atoms with E-state index in [-0.39, 0.29) is 27.8 Å². The number of halogens is 2. The molecule has 1 aliphatic heterocycles. The van der Waals surface area contributed by atoms with Crippen LogP contribution in [0.3, 0.4) is 0 Å². The van der Waals surface area contributed by atoms with Crippen LogP contribution in [-0.2, 0) is 9.59 Å². The summed E-state index contributed by atoms with van der Waals surface area (Å²) in [5, 5.41) is 25.1. The minimum atomic E-state index is -0.993. The van der Waals surface area contributed by atoms with Crippen molar-refractivity contribution in [3.05, 3.63) is 102 Å². The molecule has 4 rings (SSSR count). The molecule has 1 aliphatic rings. The van der Waals surface area contributed by atoms with Crippen molar-refractivity contribution in [2.24, 2.45) is 0 Å². The molecule has 0 atom stereocenters. The number of carbonyl (C=O) groups excluding carboxylic acids is 3. The van der Waals surface area contributed by atoms with E-state index < -0.39 is 44.6 Å². The first kappa shape index (κ1) is 25.3. The molecule has 1 fully saturated rings. The summed E-state index contributed by atoms with van der Waals surface area (Å²) in [4.78, 5) is 59.7. The molecule has 186 valence electrons. The van der Waals surface area contributed by atoms with E-state index in [4.69, 9.17) is 27.9 Å². The smallest absolute Gasteiger partial charge is 0.335 e. The third kappa shape index (κ3) is 5.24. The quantitative estimate of drug-likeness (QED) is 0.190. The maximum absolute atomic E-state index is 13.2. The molecule has 0 spiro atoms. The number of nitro benzene ring substituents is 2. The number of imide groups is 2. The Morgan fingerprint density at radius 2 is 1.49 bits per heavy atom. The van der Waals surface area contributed by atoms with E-state index in [0.29, 0.717) is 5.02 Å². The van der Waals surface area contributed by atoms with Crippen LogP contribution in [0.2, 0.25) is 10.0 Å². The Morgan fingerprint density at radius 3 is 2.14 bits per heavy atom. The molecule has 3 aromatic carbocycles. The molecule has 1 heterocycles. The molecule has 4 amide bonds. The van der Waals surface area contributed by atoms with Gasteiger partial charge in [0.1, 0.15) is 11.3 Å². The van der Waals surface area contributed by atoms with Crippen molar-refractivity contribution >= 4 is 64.2 Å². The summed E-state index contributed by atoms with van der Waals surface area (Å²) in [5.41, 5.74) is -1.46. The van der Waals surface area contributed by atoms with E-state index in [9.17, 15) is 34.6 Å². The third-order valence-corrected chi connectivity index (χ3v) is 5.52. The van der Waals surface area contributed by atoms with Crippen molar-refractivity contribution in [3.63, 3.8) is 0 Å².